The van der Waals surface area contributed by atoms with Gasteiger partial charge in [0.05, 0.1) is 5.71 Å². The molecule has 260 valence electrons. The van der Waals surface area contributed by atoms with Gasteiger partial charge in [-0.15, -0.1) is 11.3 Å². The lowest BCUT2D eigenvalue weighted by Gasteiger charge is -2.52. The van der Waals surface area contributed by atoms with Gasteiger partial charge in [0.15, 0.2) is 5.13 Å². The summed E-state index contributed by atoms with van der Waals surface area (Å²) in [5.41, 5.74) is 2.02. The van der Waals surface area contributed by atoms with E-state index in [9.17, 15) is 19.1 Å². The average Bonchev–Trinajstić information content (AvgIpc) is 3.48. The van der Waals surface area contributed by atoms with Gasteiger partial charge in [0.2, 0.25) is 11.7 Å². The minimum absolute atomic E-state index is 0.00335. The fourth-order valence-electron chi connectivity index (χ4n) is 9.19. The average molecular weight is 690 g/mol. The molecule has 1 aromatic carbocycles. The van der Waals surface area contributed by atoms with Gasteiger partial charge in [-0.2, -0.15) is 0 Å². The smallest absolute Gasteiger partial charge is 0.461 e. The maximum absolute atomic E-state index is 12.9. The van der Waals surface area contributed by atoms with Crippen LogP contribution in [0.5, 0.6) is 5.75 Å². The Labute approximate surface area is 283 Å². The summed E-state index contributed by atoms with van der Waals surface area (Å²) in [4.78, 5) is 43.5. The van der Waals surface area contributed by atoms with Crippen LogP contribution in [0.3, 0.4) is 0 Å². The first-order valence-corrected chi connectivity index (χ1v) is 19.0. The van der Waals surface area contributed by atoms with Crippen LogP contribution in [-0.2, 0) is 25.1 Å². The molecule has 5 atom stereocenters. The Balaban J connectivity index is 1.40. The van der Waals surface area contributed by atoms with Crippen molar-refractivity contribution in [1.82, 2.24) is 4.98 Å². The Hall–Kier alpha value is -2.30. The Morgan fingerprint density at radius 3 is 2.47 bits per heavy atom. The molecule has 0 aliphatic heterocycles. The molecule has 1 amide bonds. The fourth-order valence-corrected chi connectivity index (χ4v) is 10.8. The molecule has 0 spiro atoms. The summed E-state index contributed by atoms with van der Waals surface area (Å²) >= 11 is 1.49. The van der Waals surface area contributed by atoms with Crippen molar-refractivity contribution >= 4 is 35.9 Å². The maximum atomic E-state index is 12.9. The van der Waals surface area contributed by atoms with Crippen LogP contribution in [0.25, 0.3) is 0 Å². The monoisotopic (exact) mass is 689 g/mol. The zero-order valence-electron chi connectivity index (χ0n) is 29.3. The third kappa shape index (κ3) is 7.07. The van der Waals surface area contributed by atoms with Gasteiger partial charge < -0.3 is 24.7 Å². The van der Waals surface area contributed by atoms with E-state index < -0.39 is 24.4 Å². The molecule has 1 aromatic heterocycles. The van der Waals surface area contributed by atoms with E-state index in [1.807, 2.05) is 60.6 Å². The van der Waals surface area contributed by atoms with Crippen LogP contribution in [0.2, 0.25) is 0 Å². The van der Waals surface area contributed by atoms with Crippen molar-refractivity contribution in [2.75, 3.05) is 12.4 Å². The number of anilines is 1. The second-order valence-corrected chi connectivity index (χ2v) is 18.4. The van der Waals surface area contributed by atoms with E-state index in [0.717, 1.165) is 49.1 Å². The number of hydrogen-bond acceptors (Lipinski definition) is 8. The summed E-state index contributed by atoms with van der Waals surface area (Å²) in [5.74, 6) is 0.430. The number of phosphoric ester groups is 1. The Morgan fingerprint density at radius 1 is 1.17 bits per heavy atom. The van der Waals surface area contributed by atoms with Crippen LogP contribution in [0.1, 0.15) is 109 Å². The summed E-state index contributed by atoms with van der Waals surface area (Å²) in [5, 5.41) is 8.16. The van der Waals surface area contributed by atoms with Gasteiger partial charge in [0, 0.05) is 33.7 Å². The van der Waals surface area contributed by atoms with Crippen molar-refractivity contribution in [2.45, 2.75) is 112 Å². The lowest BCUT2D eigenvalue weighted by Crippen LogP contribution is -2.59. The maximum Gasteiger partial charge on any atom is 0.472 e. The van der Waals surface area contributed by atoms with E-state index in [1.54, 1.807) is 13.3 Å². The molecule has 0 bridgehead atoms. The van der Waals surface area contributed by atoms with E-state index >= 15 is 0 Å². The molecular weight excluding hydrogens is 637 g/mol. The summed E-state index contributed by atoms with van der Waals surface area (Å²) in [6.07, 6.45) is 7.72. The standard InChI is InChI=1S/C35H52N3O7PS/c1-21-20-36-31(47-21)37-29(39)15-11-23-19-28(38-43-9)34(8)17-16-26-25-14-12-24(18-22(25)10-13-27(26)30(23)34)44-35(32(2,3)4,33(5,6)7)45-46(40,41)42/h12,14,18,20,23,26-27,30H,10-11,13,15-17,19H2,1-9H3,(H,36,37,39)(H2,40,41,42)/b38-28+/t23-,26?,27?,30?,34-/m1/s1. The van der Waals surface area contributed by atoms with Gasteiger partial charge >= 0.3 is 7.82 Å². The second kappa shape index (κ2) is 12.9. The topological polar surface area (TPSA) is 140 Å². The summed E-state index contributed by atoms with van der Waals surface area (Å²) in [6.45, 7) is 15.6. The number of oxime groups is 1. The number of nitrogens with one attached hydrogen (secondary N) is 1. The third-order valence-corrected chi connectivity index (χ3v) is 12.2. The number of benzene rings is 1. The largest absolute Gasteiger partial charge is 0.472 e. The summed E-state index contributed by atoms with van der Waals surface area (Å²) in [6, 6.07) is 6.12. The molecule has 10 nitrogen and oxygen atoms in total. The number of aromatic nitrogens is 1. The molecule has 3 N–H and O–H groups in total. The van der Waals surface area contributed by atoms with Crippen molar-refractivity contribution in [1.29, 1.82) is 0 Å². The van der Waals surface area contributed by atoms with Crippen LogP contribution >= 0.6 is 19.2 Å². The molecule has 0 saturated heterocycles. The number of amides is 1. The molecule has 3 aliphatic rings. The van der Waals surface area contributed by atoms with Crippen molar-refractivity contribution in [3.8, 4) is 5.75 Å². The number of phosphoric acid groups is 1. The molecule has 2 fully saturated rings. The number of ether oxygens (including phenoxy) is 1. The number of fused-ring (bicyclic) bond motifs is 5. The molecule has 2 aromatic rings. The minimum Gasteiger partial charge on any atom is -0.461 e. The highest BCUT2D eigenvalue weighted by Gasteiger charge is 2.59. The fraction of sp³-hybridized carbons (Fsp3) is 0.686. The Morgan fingerprint density at radius 2 is 1.87 bits per heavy atom. The number of thiazole rings is 1. The van der Waals surface area contributed by atoms with Gasteiger partial charge in [-0.3, -0.25) is 4.79 Å². The van der Waals surface area contributed by atoms with E-state index in [-0.39, 0.29) is 11.3 Å². The van der Waals surface area contributed by atoms with E-state index in [0.29, 0.717) is 41.0 Å². The summed E-state index contributed by atoms with van der Waals surface area (Å²) in [7, 11) is -3.28. The zero-order chi connectivity index (χ0) is 34.6. The number of nitrogens with zero attached hydrogens (tertiary/aromatic N) is 2. The summed E-state index contributed by atoms with van der Waals surface area (Å²) < 4.78 is 24.4. The molecule has 0 radical (unpaired) electrons. The van der Waals surface area contributed by atoms with Crippen LogP contribution in [0.4, 0.5) is 5.13 Å². The highest BCUT2D eigenvalue weighted by Crippen LogP contribution is 2.63. The van der Waals surface area contributed by atoms with Gasteiger partial charge in [0.25, 0.3) is 0 Å². The second-order valence-electron chi connectivity index (χ2n) is 16.0. The first-order valence-electron chi connectivity index (χ1n) is 16.7. The van der Waals surface area contributed by atoms with Gasteiger partial charge in [0.1, 0.15) is 12.9 Å². The van der Waals surface area contributed by atoms with Gasteiger partial charge in [-0.25, -0.2) is 14.1 Å². The number of hydrogen-bond donors (Lipinski definition) is 3. The van der Waals surface area contributed by atoms with Crippen molar-refractivity contribution < 1.29 is 33.2 Å². The number of carbonyl (C=O) groups excluding carboxylic acids is 1. The van der Waals surface area contributed by atoms with E-state index in [1.165, 1.54) is 22.5 Å². The van der Waals surface area contributed by atoms with Gasteiger partial charge in [-0.05, 0) is 92.4 Å². The lowest BCUT2D eigenvalue weighted by molar-refractivity contribution is -0.255. The predicted octanol–water partition coefficient (Wildman–Crippen LogP) is 8.23. The first-order chi connectivity index (χ1) is 21.8. The lowest BCUT2D eigenvalue weighted by atomic mass is 9.54. The molecule has 3 aliphatic carbocycles. The predicted molar refractivity (Wildman–Crippen MR) is 184 cm³/mol. The molecule has 12 heteroatoms. The van der Waals surface area contributed by atoms with Crippen LogP contribution in [-0.4, -0.2) is 39.3 Å². The zero-order valence-corrected chi connectivity index (χ0v) is 31.0. The van der Waals surface area contributed by atoms with Crippen molar-refractivity contribution in [3.05, 3.63) is 40.4 Å². The first kappa shape index (κ1) is 36.0. The van der Waals surface area contributed by atoms with Crippen molar-refractivity contribution in [3.63, 3.8) is 0 Å². The highest BCUT2D eigenvalue weighted by molar-refractivity contribution is 7.46. The van der Waals surface area contributed by atoms with Crippen LogP contribution in [0.15, 0.2) is 29.6 Å². The number of aryl methyl sites for hydroxylation is 2. The van der Waals surface area contributed by atoms with Crippen molar-refractivity contribution in [2.24, 2.45) is 39.2 Å². The highest BCUT2D eigenvalue weighted by atomic mass is 32.1. The third-order valence-electron chi connectivity index (χ3n) is 10.9. The number of rotatable bonds is 9. The molecule has 1 heterocycles. The van der Waals surface area contributed by atoms with Crippen LogP contribution in [0, 0.1) is 40.9 Å². The Bertz CT molecular complexity index is 1540. The van der Waals surface area contributed by atoms with E-state index in [2.05, 4.69) is 28.4 Å². The molecule has 5 rings (SSSR count). The molecular formula is C35H52N3O7PS. The van der Waals surface area contributed by atoms with Gasteiger partial charge in [-0.1, -0.05) is 59.7 Å². The number of carbonyl (C=O) groups is 1. The Kier molecular flexibility index (Phi) is 9.85. The normalized spacial score (nSPS) is 27.2. The molecule has 2 saturated carbocycles. The minimum atomic E-state index is -4.89. The van der Waals surface area contributed by atoms with E-state index in [4.69, 9.17) is 14.1 Å². The van der Waals surface area contributed by atoms with Crippen LogP contribution < -0.4 is 10.1 Å². The quantitative estimate of drug-likeness (QED) is 0.136. The molecule has 47 heavy (non-hydrogen) atoms. The molecule has 3 unspecified atom stereocenters. The SMILES string of the molecule is CO/N=C1\C[C@@H](CCC(=O)Nc2ncc(C)s2)C2C3CCc4cc(OC(OP(=O)(O)O)(C(C)(C)C)C(C)(C)C)ccc4C3CC[C@]12C.